The maximum absolute atomic E-state index is 14.5. The molecule has 2 saturated carbocycles. The summed E-state index contributed by atoms with van der Waals surface area (Å²) in [4.78, 5) is 29.3. The van der Waals surface area contributed by atoms with E-state index in [4.69, 9.17) is 25.8 Å². The number of carbonyl (C=O) groups is 2. The molecule has 3 amide bonds. The number of nitrogens with one attached hydrogen (secondary N) is 2. The SMILES string of the molecule is CO[C@H]1/C=C\[C@H](OC)[C@H](C)CS(=O)(NC(=O)N[C@H]2CC2C(F)F)=NC(=O)c2ccc3c(c2)N(C[C@@H]2CC[C@H]21)C[C@@]1(CCCc2cc(Cl)ccc21)CO3. The van der Waals surface area contributed by atoms with Gasteiger partial charge in [-0.05, 0) is 97.7 Å². The molecule has 2 aromatic carbocycles. The highest BCUT2D eigenvalue weighted by molar-refractivity contribution is 7.92. The van der Waals surface area contributed by atoms with Gasteiger partial charge in [-0.3, -0.25) is 9.52 Å². The van der Waals surface area contributed by atoms with Crippen molar-refractivity contribution in [2.45, 2.75) is 75.5 Å². The smallest absolute Gasteiger partial charge is 0.327 e. The number of benzene rings is 2. The molecule has 2 aromatic rings. The van der Waals surface area contributed by atoms with E-state index in [1.54, 1.807) is 32.2 Å². The Morgan fingerprint density at radius 3 is 2.63 bits per heavy atom. The summed E-state index contributed by atoms with van der Waals surface area (Å²) in [6.45, 7) is 3.62. The molecular weight excluding hydrogens is 714 g/mol. The number of carbonyl (C=O) groups excluding carboxylic acids is 2. The number of methoxy groups -OCH3 is 2. The van der Waals surface area contributed by atoms with Gasteiger partial charge in [-0.15, -0.1) is 4.36 Å². The number of aryl methyl sites for hydroxylation is 1. The third kappa shape index (κ3) is 7.56. The minimum atomic E-state index is -3.77. The van der Waals surface area contributed by atoms with E-state index in [0.29, 0.717) is 36.4 Å². The van der Waals surface area contributed by atoms with E-state index in [1.165, 1.54) is 18.2 Å². The zero-order valence-corrected chi connectivity index (χ0v) is 31.3. The highest BCUT2D eigenvalue weighted by Gasteiger charge is 2.46. The van der Waals surface area contributed by atoms with Crippen molar-refractivity contribution in [1.29, 1.82) is 0 Å². The molecule has 9 atom stereocenters. The zero-order chi connectivity index (χ0) is 36.8. The Labute approximate surface area is 309 Å². The van der Waals surface area contributed by atoms with Gasteiger partial charge >= 0.3 is 6.03 Å². The van der Waals surface area contributed by atoms with Crippen molar-refractivity contribution in [3.63, 3.8) is 0 Å². The van der Waals surface area contributed by atoms with Crippen LogP contribution < -0.4 is 19.7 Å². The van der Waals surface area contributed by atoms with Crippen LogP contribution in [-0.2, 0) is 31.2 Å². The number of amides is 3. The summed E-state index contributed by atoms with van der Waals surface area (Å²) in [5, 5.41) is 3.18. The average molecular weight is 761 g/mol. The monoisotopic (exact) mass is 760 g/mol. The predicted molar refractivity (Wildman–Crippen MR) is 196 cm³/mol. The van der Waals surface area contributed by atoms with E-state index in [9.17, 15) is 22.6 Å². The molecular formula is C38H47ClF2N4O6S. The molecule has 3 aliphatic carbocycles. The molecule has 2 N–H and O–H groups in total. The van der Waals surface area contributed by atoms with Crippen molar-refractivity contribution in [3.05, 3.63) is 70.3 Å². The van der Waals surface area contributed by atoms with Gasteiger partial charge < -0.3 is 24.4 Å². The Kier molecular flexibility index (Phi) is 10.6. The molecule has 10 nitrogen and oxygen atoms in total. The second-order valence-electron chi connectivity index (χ2n) is 15.2. The van der Waals surface area contributed by atoms with Gasteiger partial charge in [-0.2, -0.15) is 0 Å². The van der Waals surface area contributed by atoms with Crippen LogP contribution in [0.3, 0.4) is 0 Å². The van der Waals surface area contributed by atoms with Gasteiger partial charge in [-0.1, -0.05) is 36.7 Å². The number of halogens is 3. The molecule has 0 radical (unpaired) electrons. The summed E-state index contributed by atoms with van der Waals surface area (Å²) in [6, 6.07) is 9.58. The van der Waals surface area contributed by atoms with Crippen LogP contribution in [0, 0.1) is 23.7 Å². The fraction of sp³-hybridized carbons (Fsp3) is 0.579. The maximum Gasteiger partial charge on any atom is 0.327 e. The van der Waals surface area contributed by atoms with Gasteiger partial charge in [0.15, 0.2) is 0 Å². The lowest BCUT2D eigenvalue weighted by Crippen LogP contribution is -2.49. The maximum atomic E-state index is 14.5. The molecule has 7 rings (SSSR count). The lowest BCUT2D eigenvalue weighted by Gasteiger charge is -2.46. The van der Waals surface area contributed by atoms with Crippen molar-refractivity contribution in [3.8, 4) is 5.75 Å². The van der Waals surface area contributed by atoms with Crippen LogP contribution in [0.2, 0.25) is 5.02 Å². The molecule has 2 heterocycles. The summed E-state index contributed by atoms with van der Waals surface area (Å²) in [5.41, 5.74) is 3.08. The largest absolute Gasteiger partial charge is 0.490 e. The minimum Gasteiger partial charge on any atom is -0.490 e. The quantitative estimate of drug-likeness (QED) is 0.332. The number of hydrogen-bond acceptors (Lipinski definition) is 7. The predicted octanol–water partition coefficient (Wildman–Crippen LogP) is 6.55. The highest BCUT2D eigenvalue weighted by Crippen LogP contribution is 2.47. The fourth-order valence-electron chi connectivity index (χ4n) is 8.64. The number of urea groups is 1. The van der Waals surface area contributed by atoms with E-state index in [1.807, 2.05) is 18.2 Å². The first-order chi connectivity index (χ1) is 24.9. The number of alkyl halides is 2. The molecule has 52 heavy (non-hydrogen) atoms. The van der Waals surface area contributed by atoms with Crippen LogP contribution >= 0.6 is 11.6 Å². The van der Waals surface area contributed by atoms with Crippen LogP contribution in [0.4, 0.5) is 19.3 Å². The lowest BCUT2D eigenvalue weighted by molar-refractivity contribution is 0.0120. The van der Waals surface area contributed by atoms with Gasteiger partial charge in [0.05, 0.1) is 30.3 Å². The Balaban J connectivity index is 1.28. The van der Waals surface area contributed by atoms with Crippen LogP contribution in [0.15, 0.2) is 52.9 Å². The fourth-order valence-corrected chi connectivity index (χ4v) is 10.7. The Bertz CT molecular complexity index is 1850. The summed E-state index contributed by atoms with van der Waals surface area (Å²) in [5.74, 6) is -1.25. The van der Waals surface area contributed by atoms with E-state index in [0.717, 1.165) is 37.8 Å². The number of fused-ring (bicyclic) bond motifs is 4. The first kappa shape index (κ1) is 37.1. The molecule has 5 aliphatic rings. The summed E-state index contributed by atoms with van der Waals surface area (Å²) in [7, 11) is -0.526. The van der Waals surface area contributed by atoms with Gasteiger partial charge in [0.25, 0.3) is 5.91 Å². The molecule has 2 bridgehead atoms. The third-order valence-electron chi connectivity index (χ3n) is 11.7. The number of nitrogens with zero attached hydrogens (tertiary/aromatic N) is 2. The minimum absolute atomic E-state index is 0.117. The van der Waals surface area contributed by atoms with Gasteiger partial charge in [0, 0.05) is 55.3 Å². The van der Waals surface area contributed by atoms with E-state index in [-0.39, 0.29) is 35.2 Å². The van der Waals surface area contributed by atoms with E-state index >= 15 is 0 Å². The normalized spacial score (nSPS) is 34.9. The number of hydrogen-bond donors (Lipinski definition) is 2. The molecule has 1 spiro atoms. The Morgan fingerprint density at radius 2 is 1.92 bits per heavy atom. The van der Waals surface area contributed by atoms with Crippen molar-refractivity contribution in [2.75, 3.05) is 44.6 Å². The van der Waals surface area contributed by atoms with Crippen LogP contribution in [0.1, 0.15) is 60.5 Å². The van der Waals surface area contributed by atoms with Crippen molar-refractivity contribution < 1.29 is 36.8 Å². The second kappa shape index (κ2) is 14.9. The van der Waals surface area contributed by atoms with Crippen LogP contribution in [0.25, 0.3) is 0 Å². The van der Waals surface area contributed by atoms with Crippen LogP contribution in [0.5, 0.6) is 5.75 Å². The molecule has 2 fully saturated rings. The average Bonchev–Trinajstić information content (AvgIpc) is 3.88. The molecule has 14 heteroatoms. The third-order valence-corrected chi connectivity index (χ3v) is 13.9. The van der Waals surface area contributed by atoms with Crippen molar-refractivity contribution in [1.82, 2.24) is 10.0 Å². The standard InChI is InChI=1S/C38H47ClF2N4O6S/c1-22-19-52(48,44-37(47)42-30-17-28(30)35(40)41)43-36(46)24-7-11-34-31(16-24)45(18-25-6-9-27(25)33(50-3)13-12-32(22)49-2)20-38(21-51-34)14-4-5-23-15-26(39)8-10-29(23)38/h7-8,10-13,15-16,22,25,27-28,30,32-33,35H,4-6,9,14,17-21H2,1-3H3,(H2,42,43,44,46,47,48)/b13-12-/t22-,25+,27-,28?,30+,32+,33+,38+,52?/m1/s1. The van der Waals surface area contributed by atoms with Gasteiger partial charge in [0.2, 0.25) is 6.43 Å². The molecule has 0 aromatic heterocycles. The summed E-state index contributed by atoms with van der Waals surface area (Å²) >= 11 is 6.44. The lowest BCUT2D eigenvalue weighted by atomic mass is 9.68. The number of anilines is 1. The topological polar surface area (TPSA) is 119 Å². The van der Waals surface area contributed by atoms with Crippen molar-refractivity contribution >= 4 is 39.1 Å². The second-order valence-corrected chi connectivity index (χ2v) is 17.6. The molecule has 282 valence electrons. The summed E-state index contributed by atoms with van der Waals surface area (Å²) < 4.78 is 65.8. The van der Waals surface area contributed by atoms with Crippen LogP contribution in [-0.4, -0.2) is 80.5 Å². The van der Waals surface area contributed by atoms with E-state index < -0.39 is 52.3 Å². The molecule has 0 saturated heterocycles. The number of ether oxygens (including phenoxy) is 3. The summed E-state index contributed by atoms with van der Waals surface area (Å²) in [6.07, 6.45) is 5.56. The van der Waals surface area contributed by atoms with E-state index in [2.05, 4.69) is 31.4 Å². The first-order valence-electron chi connectivity index (χ1n) is 18.1. The highest BCUT2D eigenvalue weighted by atomic mass is 35.5. The van der Waals surface area contributed by atoms with Gasteiger partial charge in [0.1, 0.15) is 15.7 Å². The van der Waals surface area contributed by atoms with Crippen molar-refractivity contribution in [2.24, 2.45) is 28.0 Å². The molecule has 2 aliphatic heterocycles. The Hall–Kier alpha value is -3.26. The zero-order valence-electron chi connectivity index (χ0n) is 29.7. The molecule has 2 unspecified atom stereocenters. The number of rotatable bonds is 5. The first-order valence-corrected chi connectivity index (χ1v) is 20.2. The Morgan fingerprint density at radius 1 is 1.13 bits per heavy atom. The van der Waals surface area contributed by atoms with Gasteiger partial charge in [-0.25, -0.2) is 17.8 Å².